The first-order valence-corrected chi connectivity index (χ1v) is 23.3. The van der Waals surface area contributed by atoms with Crippen molar-refractivity contribution < 1.29 is 28.7 Å². The van der Waals surface area contributed by atoms with E-state index < -0.39 is 23.1 Å². The van der Waals surface area contributed by atoms with Gasteiger partial charge in [0.05, 0.1) is 12.4 Å². The number of nitrogens with zero attached hydrogens (tertiary/aromatic N) is 4. The number of allylic oxidation sites excluding steroid dienone is 4. The van der Waals surface area contributed by atoms with Gasteiger partial charge in [0.15, 0.2) is 0 Å². The lowest BCUT2D eigenvalue weighted by Gasteiger charge is -2.53. The Bertz CT molecular complexity index is 1360. The van der Waals surface area contributed by atoms with E-state index in [0.717, 1.165) is 77.3 Å². The molecular formula is C48H78N4O6. The van der Waals surface area contributed by atoms with Gasteiger partial charge in [0.25, 0.3) is 0 Å². The molecule has 6 aliphatic carbocycles. The molecule has 0 aromatic rings. The van der Waals surface area contributed by atoms with Gasteiger partial charge in [0.2, 0.25) is 0 Å². The smallest absolute Gasteiger partial charge is 0.418 e. The monoisotopic (exact) mass is 807 g/mol. The van der Waals surface area contributed by atoms with E-state index in [-0.39, 0.29) is 22.7 Å². The van der Waals surface area contributed by atoms with Gasteiger partial charge in [-0.1, -0.05) is 101 Å². The summed E-state index contributed by atoms with van der Waals surface area (Å²) < 4.78 is 13.5. The molecule has 6 fully saturated rings. The summed E-state index contributed by atoms with van der Waals surface area (Å²) in [5.41, 5.74) is -1.97. The summed E-state index contributed by atoms with van der Waals surface area (Å²) in [6.07, 6.45) is 34.0. The number of hydrogen-bond donors (Lipinski definition) is 0. The van der Waals surface area contributed by atoms with Gasteiger partial charge in [-0.2, -0.15) is 0 Å². The standard InChI is InChI=1S/C48H78N4O6/c1-45-25-21-39(37-15-9-7-10-16-37)35-47(45,27-23-41(45)19-13-29-49-55-33-31-51(3)4)57-43(53)44(54)58-48-28-24-42(20-14-30-50-56-34-32-52(5)6)46(48,2)26-22-40(36-48)38-17-11-8-12-18-38/h13-14,19-20,29-30,37-42H,7-12,15-18,21-28,31-36H2,1-6H3/t39-,40-,41-,42-,45+,46+,47-,48-/m0/s1. The molecule has 0 heterocycles. The average Bonchev–Trinajstić information content (AvgIpc) is 3.66. The number of fused-ring (bicyclic) bond motifs is 2. The van der Waals surface area contributed by atoms with Crippen LogP contribution in [0.2, 0.25) is 0 Å². The van der Waals surface area contributed by atoms with Crippen molar-refractivity contribution in [2.75, 3.05) is 54.5 Å². The molecule has 0 N–H and O–H groups in total. The van der Waals surface area contributed by atoms with Crippen molar-refractivity contribution >= 4 is 24.4 Å². The molecule has 0 saturated heterocycles. The summed E-state index contributed by atoms with van der Waals surface area (Å²) >= 11 is 0. The van der Waals surface area contributed by atoms with Crippen molar-refractivity contribution in [3.05, 3.63) is 24.3 Å². The van der Waals surface area contributed by atoms with E-state index in [1.165, 1.54) is 64.2 Å². The second-order valence-corrected chi connectivity index (χ2v) is 20.2. The van der Waals surface area contributed by atoms with E-state index in [9.17, 15) is 9.59 Å². The zero-order valence-corrected chi connectivity index (χ0v) is 37.1. The van der Waals surface area contributed by atoms with Crippen LogP contribution in [0.1, 0.15) is 142 Å². The Hall–Kier alpha value is -2.72. The molecule has 58 heavy (non-hydrogen) atoms. The molecule has 6 saturated carbocycles. The summed E-state index contributed by atoms with van der Waals surface area (Å²) in [6.45, 7) is 7.32. The second-order valence-electron chi connectivity index (χ2n) is 20.2. The molecule has 0 spiro atoms. The highest BCUT2D eigenvalue weighted by Gasteiger charge is 2.65. The van der Waals surface area contributed by atoms with Crippen LogP contribution in [-0.4, -0.2) is 99.9 Å². The number of carbonyl (C=O) groups excluding carboxylic acids is 2. The summed E-state index contributed by atoms with van der Waals surface area (Å²) in [7, 11) is 8.06. The van der Waals surface area contributed by atoms with Crippen LogP contribution in [0.5, 0.6) is 0 Å². The van der Waals surface area contributed by atoms with E-state index in [1.807, 2.05) is 40.3 Å². The first kappa shape index (κ1) is 44.8. The Morgan fingerprint density at radius 3 is 1.33 bits per heavy atom. The molecule has 10 nitrogen and oxygen atoms in total. The summed E-state index contributed by atoms with van der Waals surface area (Å²) in [5, 5.41) is 8.31. The Morgan fingerprint density at radius 2 is 0.948 bits per heavy atom. The van der Waals surface area contributed by atoms with Gasteiger partial charge in [-0.15, -0.1) is 0 Å². The van der Waals surface area contributed by atoms with Crippen LogP contribution >= 0.6 is 0 Å². The number of carbonyl (C=O) groups is 2. The van der Waals surface area contributed by atoms with E-state index in [4.69, 9.17) is 19.1 Å². The molecule has 8 atom stereocenters. The van der Waals surface area contributed by atoms with Crippen LogP contribution in [0, 0.1) is 46.3 Å². The molecule has 0 amide bonds. The SMILES string of the molecule is CN(C)CCON=CC=C[C@H]1CC[C@]2(OC(=O)C(=O)O[C@]34CC[C@H](C=CC=NOCCN(C)C)[C@@]3(C)CC[C@H](C3CCCCC3)C4)C[C@@H](C3CCCCC3)CC[C@]12C. The van der Waals surface area contributed by atoms with Gasteiger partial charge in [-0.3, -0.25) is 0 Å². The van der Waals surface area contributed by atoms with Gasteiger partial charge in [0.1, 0.15) is 24.4 Å². The predicted octanol–water partition coefficient (Wildman–Crippen LogP) is 9.38. The van der Waals surface area contributed by atoms with Gasteiger partial charge >= 0.3 is 11.9 Å². The molecular weight excluding hydrogens is 729 g/mol. The van der Waals surface area contributed by atoms with Crippen LogP contribution in [-0.2, 0) is 28.7 Å². The molecule has 6 rings (SSSR count). The van der Waals surface area contributed by atoms with Gasteiger partial charge in [-0.05, 0) is 140 Å². The van der Waals surface area contributed by atoms with Crippen molar-refractivity contribution in [1.82, 2.24) is 9.80 Å². The van der Waals surface area contributed by atoms with Crippen LogP contribution in [0.4, 0.5) is 0 Å². The fraction of sp³-hybridized carbons (Fsp3) is 0.833. The normalized spacial score (nSPS) is 36.3. The average molecular weight is 807 g/mol. The lowest BCUT2D eigenvalue weighted by Crippen LogP contribution is -2.56. The zero-order chi connectivity index (χ0) is 41.2. The Labute approximate surface area is 350 Å². The quantitative estimate of drug-likeness (QED) is 0.0500. The van der Waals surface area contributed by atoms with E-state index in [2.05, 4.69) is 46.1 Å². The van der Waals surface area contributed by atoms with Crippen LogP contribution in [0.15, 0.2) is 34.6 Å². The Morgan fingerprint density at radius 1 is 0.552 bits per heavy atom. The van der Waals surface area contributed by atoms with Crippen LogP contribution in [0.25, 0.3) is 0 Å². The zero-order valence-electron chi connectivity index (χ0n) is 37.1. The highest BCUT2D eigenvalue weighted by Crippen LogP contribution is 2.64. The molecule has 326 valence electrons. The van der Waals surface area contributed by atoms with Crippen LogP contribution in [0.3, 0.4) is 0 Å². The second kappa shape index (κ2) is 20.2. The lowest BCUT2D eigenvalue weighted by molar-refractivity contribution is -0.211. The highest BCUT2D eigenvalue weighted by atomic mass is 16.6. The maximum Gasteiger partial charge on any atom is 0.418 e. The largest absolute Gasteiger partial charge is 0.450 e. The van der Waals surface area contributed by atoms with Gasteiger partial charge in [-0.25, -0.2) is 9.59 Å². The summed E-state index contributed by atoms with van der Waals surface area (Å²) in [5.74, 6) is 1.19. The Kier molecular flexibility index (Phi) is 15.6. The summed E-state index contributed by atoms with van der Waals surface area (Å²) in [6, 6.07) is 0. The molecule has 0 aliphatic heterocycles. The number of esters is 2. The molecule has 10 heteroatoms. The minimum Gasteiger partial charge on any atom is -0.450 e. The lowest BCUT2D eigenvalue weighted by atomic mass is 9.57. The summed E-state index contributed by atoms with van der Waals surface area (Å²) in [4.78, 5) is 43.9. The number of oxime groups is 2. The van der Waals surface area contributed by atoms with Gasteiger partial charge in [0, 0.05) is 23.9 Å². The minimum absolute atomic E-state index is 0.206. The van der Waals surface area contributed by atoms with Crippen LogP contribution < -0.4 is 0 Å². The molecule has 0 bridgehead atoms. The molecule has 0 aromatic carbocycles. The number of likely N-dealkylation sites (N-methyl/N-ethyl adjacent to an activating group) is 2. The topological polar surface area (TPSA) is 102 Å². The number of ether oxygens (including phenoxy) is 2. The third-order valence-electron chi connectivity index (χ3n) is 16.5. The van der Waals surface area contributed by atoms with E-state index in [1.54, 1.807) is 12.4 Å². The van der Waals surface area contributed by atoms with E-state index in [0.29, 0.717) is 36.9 Å². The first-order valence-electron chi connectivity index (χ1n) is 23.3. The highest BCUT2D eigenvalue weighted by molar-refractivity contribution is 6.30. The van der Waals surface area contributed by atoms with Crippen molar-refractivity contribution in [2.24, 2.45) is 56.6 Å². The van der Waals surface area contributed by atoms with Crippen molar-refractivity contribution in [3.63, 3.8) is 0 Å². The predicted molar refractivity (Wildman–Crippen MR) is 231 cm³/mol. The van der Waals surface area contributed by atoms with Crippen molar-refractivity contribution in [1.29, 1.82) is 0 Å². The molecule has 0 aromatic heterocycles. The van der Waals surface area contributed by atoms with E-state index >= 15 is 0 Å². The van der Waals surface area contributed by atoms with Gasteiger partial charge < -0.3 is 28.9 Å². The third-order valence-corrected chi connectivity index (χ3v) is 16.5. The fourth-order valence-electron chi connectivity index (χ4n) is 12.7. The van der Waals surface area contributed by atoms with Crippen molar-refractivity contribution in [3.8, 4) is 0 Å². The molecule has 0 radical (unpaired) electrons. The number of rotatable bonds is 16. The maximum atomic E-state index is 14.5. The maximum absolute atomic E-state index is 14.5. The van der Waals surface area contributed by atoms with Crippen molar-refractivity contribution in [2.45, 2.75) is 153 Å². The molecule has 0 unspecified atom stereocenters. The molecule has 6 aliphatic rings. The minimum atomic E-state index is -0.784. The third kappa shape index (κ3) is 10.2. The first-order chi connectivity index (χ1) is 27.9. The number of hydrogen-bond acceptors (Lipinski definition) is 10. The Balaban J connectivity index is 1.19. The fourth-order valence-corrected chi connectivity index (χ4v) is 12.7.